The highest BCUT2D eigenvalue weighted by Crippen LogP contribution is 2.29. The van der Waals surface area contributed by atoms with Crippen LogP contribution in [0.4, 0.5) is 0 Å². The van der Waals surface area contributed by atoms with Crippen LogP contribution in [0, 0.1) is 0 Å². The Morgan fingerprint density at radius 2 is 1.52 bits per heavy atom. The van der Waals surface area contributed by atoms with E-state index in [4.69, 9.17) is 4.74 Å². The van der Waals surface area contributed by atoms with Gasteiger partial charge in [-0.2, -0.15) is 0 Å². The molecule has 0 radical (unpaired) electrons. The summed E-state index contributed by atoms with van der Waals surface area (Å²) >= 11 is 1.66. The number of nitrogens with zero attached hydrogens (tertiary/aromatic N) is 5. The minimum Gasteiger partial charge on any atom is -0.497 e. The molecule has 0 saturated carbocycles. The fraction of sp³-hybridized carbons (Fsp3) is 0.543. The topological polar surface area (TPSA) is 80.6 Å². The predicted octanol–water partition coefficient (Wildman–Crippen LogP) is 7.41. The maximum atomic E-state index is 13.0. The summed E-state index contributed by atoms with van der Waals surface area (Å²) in [6.07, 6.45) is 11.4. The van der Waals surface area contributed by atoms with E-state index in [2.05, 4.69) is 28.6 Å². The second-order valence-electron chi connectivity index (χ2n) is 11.7. The van der Waals surface area contributed by atoms with Gasteiger partial charge in [-0.25, -0.2) is 0 Å². The molecule has 2 amide bonds. The number of piperazine rings is 1. The third kappa shape index (κ3) is 9.58. The summed E-state index contributed by atoms with van der Waals surface area (Å²) in [5, 5.41) is 9.87. The fourth-order valence-electron chi connectivity index (χ4n) is 5.73. The van der Waals surface area contributed by atoms with Gasteiger partial charge in [-0.3, -0.25) is 14.2 Å². The highest BCUT2D eigenvalue weighted by Gasteiger charge is 2.29. The van der Waals surface area contributed by atoms with Gasteiger partial charge in [0.1, 0.15) is 5.75 Å². The van der Waals surface area contributed by atoms with Crippen LogP contribution in [0.25, 0.3) is 17.1 Å². The van der Waals surface area contributed by atoms with Gasteiger partial charge < -0.3 is 14.5 Å². The second-order valence-corrected chi connectivity index (χ2v) is 12.7. The van der Waals surface area contributed by atoms with Crippen molar-refractivity contribution in [1.29, 1.82) is 0 Å². The van der Waals surface area contributed by atoms with Crippen molar-refractivity contribution in [2.75, 3.05) is 32.5 Å². The Labute approximate surface area is 267 Å². The molecule has 1 aliphatic heterocycles. The third-order valence-electron chi connectivity index (χ3n) is 8.31. The van der Waals surface area contributed by atoms with Crippen LogP contribution < -0.4 is 4.74 Å². The predicted molar refractivity (Wildman–Crippen MR) is 178 cm³/mol. The first-order valence-electron chi connectivity index (χ1n) is 16.4. The molecule has 238 valence electrons. The first-order valence-corrected chi connectivity index (χ1v) is 17.4. The molecule has 9 heteroatoms. The van der Waals surface area contributed by atoms with E-state index in [1.54, 1.807) is 18.9 Å². The van der Waals surface area contributed by atoms with Crippen molar-refractivity contribution in [3.05, 3.63) is 54.6 Å². The van der Waals surface area contributed by atoms with Gasteiger partial charge in [0, 0.05) is 55.5 Å². The number of aromatic nitrogens is 3. The highest BCUT2D eigenvalue weighted by molar-refractivity contribution is 7.99. The average Bonchev–Trinajstić information content (AvgIpc) is 3.48. The monoisotopic (exact) mass is 619 g/mol. The van der Waals surface area contributed by atoms with Gasteiger partial charge in [0.25, 0.3) is 0 Å². The van der Waals surface area contributed by atoms with E-state index >= 15 is 0 Å². The number of amides is 2. The number of benzene rings is 2. The summed E-state index contributed by atoms with van der Waals surface area (Å²) in [5.41, 5.74) is 1.98. The SMILES string of the molecule is CCCCCCCCCC(=O)N1CCN(C(=O)CCCCSc2nnc(-c3ccccc3)n2-c2ccc(OC)cc2)CC1C. The van der Waals surface area contributed by atoms with Crippen LogP contribution in [0.2, 0.25) is 0 Å². The summed E-state index contributed by atoms with van der Waals surface area (Å²) in [6, 6.07) is 18.1. The van der Waals surface area contributed by atoms with Crippen LogP contribution in [-0.4, -0.2) is 74.9 Å². The van der Waals surface area contributed by atoms with Crippen LogP contribution in [0.5, 0.6) is 5.75 Å². The summed E-state index contributed by atoms with van der Waals surface area (Å²) in [4.78, 5) is 29.7. The minimum atomic E-state index is 0.0726. The number of unbranched alkanes of at least 4 members (excludes halogenated alkanes) is 7. The Bertz CT molecular complexity index is 1300. The second kappa shape index (κ2) is 17.8. The zero-order valence-electron chi connectivity index (χ0n) is 26.7. The smallest absolute Gasteiger partial charge is 0.222 e. The standard InChI is InChI=1S/C35H49N5O3S/c1-4-5-6-7-8-9-13-19-33(42)39-25-24-38(27-28(39)2)32(41)18-14-15-26-44-35-37-36-34(29-16-11-10-12-17-29)40(35)30-20-22-31(43-3)23-21-30/h10-12,16-17,20-23,28H,4-9,13-15,18-19,24-27H2,1-3H3. The van der Waals surface area contributed by atoms with Gasteiger partial charge >= 0.3 is 0 Å². The number of methoxy groups -OCH3 is 1. The van der Waals surface area contributed by atoms with Crippen molar-refractivity contribution >= 4 is 23.6 Å². The van der Waals surface area contributed by atoms with Gasteiger partial charge in [-0.1, -0.05) is 87.5 Å². The Kier molecular flexibility index (Phi) is 13.6. The maximum Gasteiger partial charge on any atom is 0.222 e. The van der Waals surface area contributed by atoms with Crippen molar-refractivity contribution in [2.45, 2.75) is 95.7 Å². The van der Waals surface area contributed by atoms with E-state index in [1.165, 1.54) is 32.1 Å². The Morgan fingerprint density at radius 3 is 2.23 bits per heavy atom. The maximum absolute atomic E-state index is 13.0. The van der Waals surface area contributed by atoms with E-state index in [0.717, 1.165) is 59.4 Å². The summed E-state index contributed by atoms with van der Waals surface area (Å²) in [5.74, 6) is 2.87. The molecule has 2 aromatic carbocycles. The number of carbonyl (C=O) groups is 2. The number of rotatable bonds is 17. The van der Waals surface area contributed by atoms with Crippen molar-refractivity contribution in [3.63, 3.8) is 0 Å². The molecular weight excluding hydrogens is 570 g/mol. The highest BCUT2D eigenvalue weighted by atomic mass is 32.2. The number of carbonyl (C=O) groups excluding carboxylic acids is 2. The first kappa shape index (κ1) is 33.6. The molecule has 4 rings (SSSR count). The summed E-state index contributed by atoms with van der Waals surface area (Å²) < 4.78 is 7.43. The van der Waals surface area contributed by atoms with E-state index in [9.17, 15) is 9.59 Å². The van der Waals surface area contributed by atoms with E-state index in [1.807, 2.05) is 64.4 Å². The Morgan fingerprint density at radius 1 is 0.841 bits per heavy atom. The normalized spacial score (nSPS) is 15.0. The molecule has 44 heavy (non-hydrogen) atoms. The molecule has 1 saturated heterocycles. The average molecular weight is 620 g/mol. The lowest BCUT2D eigenvalue weighted by molar-refractivity contribution is -0.142. The molecule has 2 heterocycles. The Hall–Kier alpha value is -3.33. The summed E-state index contributed by atoms with van der Waals surface area (Å²) in [7, 11) is 1.66. The molecule has 0 spiro atoms. The van der Waals surface area contributed by atoms with Gasteiger partial charge in [-0.05, 0) is 50.5 Å². The van der Waals surface area contributed by atoms with Crippen molar-refractivity contribution in [1.82, 2.24) is 24.6 Å². The Balaban J connectivity index is 1.21. The molecule has 1 unspecified atom stereocenters. The number of hydrogen-bond donors (Lipinski definition) is 0. The molecule has 1 aliphatic rings. The first-order chi connectivity index (χ1) is 21.5. The number of thioether (sulfide) groups is 1. The lowest BCUT2D eigenvalue weighted by Gasteiger charge is -2.40. The van der Waals surface area contributed by atoms with Gasteiger partial charge in [0.05, 0.1) is 7.11 Å². The third-order valence-corrected chi connectivity index (χ3v) is 9.32. The fourth-order valence-corrected chi connectivity index (χ4v) is 6.68. The number of hydrogen-bond acceptors (Lipinski definition) is 6. The quantitative estimate of drug-likeness (QED) is 0.116. The van der Waals surface area contributed by atoms with E-state index in [-0.39, 0.29) is 17.9 Å². The molecule has 1 fully saturated rings. The van der Waals surface area contributed by atoms with E-state index < -0.39 is 0 Å². The molecular formula is C35H49N5O3S. The lowest BCUT2D eigenvalue weighted by Crippen LogP contribution is -2.55. The molecule has 0 N–H and O–H groups in total. The zero-order chi connectivity index (χ0) is 31.1. The minimum absolute atomic E-state index is 0.0726. The molecule has 8 nitrogen and oxygen atoms in total. The van der Waals surface area contributed by atoms with Crippen LogP contribution in [0.15, 0.2) is 59.8 Å². The van der Waals surface area contributed by atoms with Gasteiger partial charge in [0.2, 0.25) is 11.8 Å². The van der Waals surface area contributed by atoms with Crippen molar-refractivity contribution < 1.29 is 14.3 Å². The molecule has 1 atom stereocenters. The zero-order valence-corrected chi connectivity index (χ0v) is 27.6. The largest absolute Gasteiger partial charge is 0.497 e. The van der Waals surface area contributed by atoms with Crippen molar-refractivity contribution in [2.24, 2.45) is 0 Å². The van der Waals surface area contributed by atoms with E-state index in [0.29, 0.717) is 32.5 Å². The summed E-state index contributed by atoms with van der Waals surface area (Å²) in [6.45, 7) is 6.21. The molecule has 3 aromatic rings. The van der Waals surface area contributed by atoms with Crippen molar-refractivity contribution in [3.8, 4) is 22.8 Å². The van der Waals surface area contributed by atoms with Crippen LogP contribution in [0.1, 0.15) is 84.5 Å². The molecule has 0 aliphatic carbocycles. The van der Waals surface area contributed by atoms with Crippen LogP contribution in [-0.2, 0) is 9.59 Å². The van der Waals surface area contributed by atoms with Crippen LogP contribution in [0.3, 0.4) is 0 Å². The van der Waals surface area contributed by atoms with Gasteiger partial charge in [-0.15, -0.1) is 10.2 Å². The molecule has 0 bridgehead atoms. The lowest BCUT2D eigenvalue weighted by atomic mass is 10.1. The number of ether oxygens (including phenoxy) is 1. The van der Waals surface area contributed by atoms with Gasteiger partial charge in [0.15, 0.2) is 11.0 Å². The van der Waals surface area contributed by atoms with Crippen LogP contribution >= 0.6 is 11.8 Å². The molecule has 1 aromatic heterocycles.